The predicted molar refractivity (Wildman–Crippen MR) is 59.7 cm³/mol. The van der Waals surface area contributed by atoms with E-state index in [-0.39, 0.29) is 0 Å². The van der Waals surface area contributed by atoms with Crippen molar-refractivity contribution in [1.29, 1.82) is 0 Å². The van der Waals surface area contributed by atoms with Gasteiger partial charge in [0.1, 0.15) is 0 Å². The van der Waals surface area contributed by atoms with Crippen LogP contribution in [0.3, 0.4) is 0 Å². The molecule has 0 fully saturated rings. The van der Waals surface area contributed by atoms with Crippen LogP contribution in [-0.2, 0) is 0 Å². The first-order valence-electron chi connectivity index (χ1n) is 5.52. The average Bonchev–Trinajstić information content (AvgIpc) is 2.12. The van der Waals surface area contributed by atoms with Crippen molar-refractivity contribution in [3.05, 3.63) is 0 Å². The Labute approximate surface area is 83.3 Å². The Morgan fingerprint density at radius 3 is 2.15 bits per heavy atom. The van der Waals surface area contributed by atoms with E-state index in [1.807, 2.05) is 0 Å². The van der Waals surface area contributed by atoms with Crippen LogP contribution < -0.4 is 11.1 Å². The van der Waals surface area contributed by atoms with E-state index in [0.717, 1.165) is 31.5 Å². The first-order chi connectivity index (χ1) is 6.11. The summed E-state index contributed by atoms with van der Waals surface area (Å²) in [6, 6.07) is 0. The van der Waals surface area contributed by atoms with E-state index >= 15 is 0 Å². The van der Waals surface area contributed by atoms with Gasteiger partial charge in [0.25, 0.3) is 0 Å². The highest BCUT2D eigenvalue weighted by Gasteiger charge is 2.07. The second kappa shape index (κ2) is 7.34. The van der Waals surface area contributed by atoms with Crippen molar-refractivity contribution >= 4 is 0 Å². The van der Waals surface area contributed by atoms with Crippen molar-refractivity contribution in [3.8, 4) is 0 Å². The Balaban J connectivity index is 3.43. The lowest BCUT2D eigenvalue weighted by Gasteiger charge is -2.18. The van der Waals surface area contributed by atoms with Crippen LogP contribution in [0.4, 0.5) is 0 Å². The van der Waals surface area contributed by atoms with Gasteiger partial charge in [-0.15, -0.1) is 0 Å². The molecular formula is C11H26N2. The van der Waals surface area contributed by atoms with Crippen LogP contribution in [0.15, 0.2) is 0 Å². The molecule has 0 aliphatic carbocycles. The van der Waals surface area contributed by atoms with Crippen LogP contribution in [0, 0.1) is 17.8 Å². The summed E-state index contributed by atoms with van der Waals surface area (Å²) in [6.07, 6.45) is 1.18. The van der Waals surface area contributed by atoms with Gasteiger partial charge in [0.05, 0.1) is 0 Å². The van der Waals surface area contributed by atoms with Gasteiger partial charge in [0.15, 0.2) is 0 Å². The molecule has 2 heteroatoms. The summed E-state index contributed by atoms with van der Waals surface area (Å²) in [5, 5.41) is 3.49. The maximum atomic E-state index is 5.62. The molecule has 0 radical (unpaired) electrons. The van der Waals surface area contributed by atoms with Crippen molar-refractivity contribution in [1.82, 2.24) is 5.32 Å². The molecule has 0 rings (SSSR count). The Morgan fingerprint density at radius 1 is 1.15 bits per heavy atom. The highest BCUT2D eigenvalue weighted by atomic mass is 14.9. The fraction of sp³-hybridized carbons (Fsp3) is 1.00. The number of nitrogens with one attached hydrogen (secondary N) is 1. The van der Waals surface area contributed by atoms with E-state index in [4.69, 9.17) is 5.73 Å². The van der Waals surface area contributed by atoms with Gasteiger partial charge in [-0.3, -0.25) is 0 Å². The molecule has 2 unspecified atom stereocenters. The van der Waals surface area contributed by atoms with Crippen molar-refractivity contribution in [2.45, 2.75) is 34.1 Å². The van der Waals surface area contributed by atoms with Crippen LogP contribution >= 0.6 is 0 Å². The van der Waals surface area contributed by atoms with Crippen LogP contribution in [0.1, 0.15) is 34.1 Å². The first kappa shape index (κ1) is 12.9. The highest BCUT2D eigenvalue weighted by molar-refractivity contribution is 4.65. The lowest BCUT2D eigenvalue weighted by atomic mass is 9.98. The Hall–Kier alpha value is -0.0800. The number of nitrogens with two attached hydrogens (primary N) is 1. The van der Waals surface area contributed by atoms with Gasteiger partial charge >= 0.3 is 0 Å². The maximum absolute atomic E-state index is 5.62. The van der Waals surface area contributed by atoms with Crippen LogP contribution in [0.5, 0.6) is 0 Å². The van der Waals surface area contributed by atoms with Gasteiger partial charge in [0, 0.05) is 0 Å². The molecule has 0 aromatic carbocycles. The summed E-state index contributed by atoms with van der Waals surface area (Å²) in [4.78, 5) is 0. The minimum absolute atomic E-state index is 0.652. The Morgan fingerprint density at radius 2 is 1.77 bits per heavy atom. The second-order valence-electron chi connectivity index (χ2n) is 4.39. The van der Waals surface area contributed by atoms with E-state index in [1.165, 1.54) is 6.42 Å². The summed E-state index contributed by atoms with van der Waals surface area (Å²) < 4.78 is 0. The summed E-state index contributed by atoms with van der Waals surface area (Å²) >= 11 is 0. The molecule has 3 N–H and O–H groups in total. The highest BCUT2D eigenvalue weighted by Crippen LogP contribution is 2.07. The third-order valence-electron chi connectivity index (χ3n) is 2.95. The molecule has 0 amide bonds. The third kappa shape index (κ3) is 6.05. The van der Waals surface area contributed by atoms with E-state index in [9.17, 15) is 0 Å². The molecule has 0 aliphatic heterocycles. The van der Waals surface area contributed by atoms with Gasteiger partial charge in [-0.1, -0.05) is 34.1 Å². The lowest BCUT2D eigenvalue weighted by molar-refractivity contribution is 0.371. The second-order valence-corrected chi connectivity index (χ2v) is 4.39. The van der Waals surface area contributed by atoms with Crippen molar-refractivity contribution in [3.63, 3.8) is 0 Å². The maximum Gasteiger partial charge on any atom is -0.000845 e. The monoisotopic (exact) mass is 186 g/mol. The zero-order chi connectivity index (χ0) is 10.3. The smallest absolute Gasteiger partial charge is 0.000845 e. The van der Waals surface area contributed by atoms with Gasteiger partial charge in [0.2, 0.25) is 0 Å². The molecule has 0 aromatic rings. The molecule has 0 aromatic heterocycles. The first-order valence-corrected chi connectivity index (χ1v) is 5.52. The SMILES string of the molecule is CCC(CN)CNCC(C)C(C)C. The Bertz CT molecular complexity index is 107. The summed E-state index contributed by atoms with van der Waals surface area (Å²) in [6.45, 7) is 12.0. The standard InChI is InChI=1S/C11H26N2/c1-5-11(6-12)8-13-7-10(4)9(2)3/h9-11,13H,5-8,12H2,1-4H3. The fourth-order valence-electron chi connectivity index (χ4n) is 1.15. The quantitative estimate of drug-likeness (QED) is 0.637. The zero-order valence-corrected chi connectivity index (χ0v) is 9.64. The Kier molecular flexibility index (Phi) is 7.29. The molecular weight excluding hydrogens is 160 g/mol. The topological polar surface area (TPSA) is 38.0 Å². The minimum atomic E-state index is 0.652. The molecule has 13 heavy (non-hydrogen) atoms. The van der Waals surface area contributed by atoms with Crippen molar-refractivity contribution < 1.29 is 0 Å². The molecule has 2 nitrogen and oxygen atoms in total. The molecule has 0 saturated carbocycles. The molecule has 0 aliphatic rings. The molecule has 0 spiro atoms. The molecule has 0 heterocycles. The van der Waals surface area contributed by atoms with Crippen molar-refractivity contribution in [2.75, 3.05) is 19.6 Å². The van der Waals surface area contributed by atoms with Crippen LogP contribution in [0.2, 0.25) is 0 Å². The molecule has 2 atom stereocenters. The zero-order valence-electron chi connectivity index (χ0n) is 9.64. The van der Waals surface area contributed by atoms with Crippen molar-refractivity contribution in [2.24, 2.45) is 23.5 Å². The predicted octanol–water partition coefficient (Wildman–Crippen LogP) is 1.85. The normalized spacial score (nSPS) is 16.2. The minimum Gasteiger partial charge on any atom is -0.330 e. The number of hydrogen-bond acceptors (Lipinski definition) is 2. The summed E-state index contributed by atoms with van der Waals surface area (Å²) in [5.41, 5.74) is 5.62. The van der Waals surface area contributed by atoms with E-state index < -0.39 is 0 Å². The average molecular weight is 186 g/mol. The fourth-order valence-corrected chi connectivity index (χ4v) is 1.15. The van der Waals surface area contributed by atoms with Gasteiger partial charge in [-0.05, 0) is 37.4 Å². The van der Waals surface area contributed by atoms with Gasteiger partial charge < -0.3 is 11.1 Å². The lowest BCUT2D eigenvalue weighted by Crippen LogP contribution is -2.31. The molecule has 80 valence electrons. The van der Waals surface area contributed by atoms with E-state index in [0.29, 0.717) is 5.92 Å². The summed E-state index contributed by atoms with van der Waals surface area (Å²) in [7, 11) is 0. The molecule has 0 bridgehead atoms. The largest absolute Gasteiger partial charge is 0.330 e. The van der Waals surface area contributed by atoms with E-state index in [2.05, 4.69) is 33.0 Å². The van der Waals surface area contributed by atoms with Crippen LogP contribution in [0.25, 0.3) is 0 Å². The van der Waals surface area contributed by atoms with Gasteiger partial charge in [-0.2, -0.15) is 0 Å². The number of hydrogen-bond donors (Lipinski definition) is 2. The number of rotatable bonds is 7. The van der Waals surface area contributed by atoms with E-state index in [1.54, 1.807) is 0 Å². The molecule has 0 saturated heterocycles. The third-order valence-corrected chi connectivity index (χ3v) is 2.95. The van der Waals surface area contributed by atoms with Crippen LogP contribution in [-0.4, -0.2) is 19.6 Å². The van der Waals surface area contributed by atoms with Gasteiger partial charge in [-0.25, -0.2) is 0 Å². The summed E-state index contributed by atoms with van der Waals surface area (Å²) in [5.74, 6) is 2.18.